The molecule has 0 unspecified atom stereocenters. The molecule has 1 aliphatic rings. The average Bonchev–Trinajstić information content (AvgIpc) is 2.62. The summed E-state index contributed by atoms with van der Waals surface area (Å²) >= 11 is 0. The second kappa shape index (κ2) is 3.91. The molecule has 0 amide bonds. The van der Waals surface area contributed by atoms with Gasteiger partial charge >= 0.3 is 0 Å². The summed E-state index contributed by atoms with van der Waals surface area (Å²) < 4.78 is 0. The zero-order valence-electron chi connectivity index (χ0n) is 8.29. The minimum absolute atomic E-state index is 0.935. The first-order chi connectivity index (χ1) is 6.34. The summed E-state index contributed by atoms with van der Waals surface area (Å²) in [4.78, 5) is 4.32. The quantitative estimate of drug-likeness (QED) is 0.673. The molecule has 1 heteroatoms. The Balaban J connectivity index is 1.97. The van der Waals surface area contributed by atoms with E-state index in [2.05, 4.69) is 17.1 Å². The van der Waals surface area contributed by atoms with Crippen molar-refractivity contribution in [3.63, 3.8) is 0 Å². The highest BCUT2D eigenvalue weighted by Gasteiger charge is 2.14. The third-order valence-electron chi connectivity index (χ3n) is 2.97. The van der Waals surface area contributed by atoms with E-state index in [0.29, 0.717) is 0 Å². The molecule has 1 aliphatic carbocycles. The number of aryl methyl sites for hydroxylation is 1. The lowest BCUT2D eigenvalue weighted by atomic mass is 9.99. The van der Waals surface area contributed by atoms with Gasteiger partial charge in [-0.2, -0.15) is 0 Å². The lowest BCUT2D eigenvalue weighted by molar-refractivity contribution is 0.545. The number of aromatic nitrogens is 1. The number of rotatable bonds is 2. The summed E-state index contributed by atoms with van der Waals surface area (Å²) in [5.41, 5.74) is 2.53. The average molecular weight is 175 g/mol. The van der Waals surface area contributed by atoms with Gasteiger partial charge in [-0.05, 0) is 30.9 Å². The van der Waals surface area contributed by atoms with E-state index in [1.807, 2.05) is 13.1 Å². The normalized spacial score (nSPS) is 17.9. The van der Waals surface area contributed by atoms with Gasteiger partial charge in [0.2, 0.25) is 0 Å². The number of hydrogen-bond donors (Lipinski definition) is 0. The van der Waals surface area contributed by atoms with Crippen molar-refractivity contribution < 1.29 is 0 Å². The zero-order chi connectivity index (χ0) is 9.10. The molecule has 0 N–H and O–H groups in total. The fourth-order valence-electron chi connectivity index (χ4n) is 2.17. The summed E-state index contributed by atoms with van der Waals surface area (Å²) in [6, 6.07) is 4.34. The van der Waals surface area contributed by atoms with Crippen LogP contribution >= 0.6 is 0 Å². The Labute approximate surface area is 80.2 Å². The molecule has 1 nitrogen and oxygen atoms in total. The van der Waals surface area contributed by atoms with Crippen molar-refractivity contribution in [2.45, 2.75) is 39.0 Å². The molecular weight excluding hydrogens is 158 g/mol. The summed E-state index contributed by atoms with van der Waals surface area (Å²) in [5, 5.41) is 0. The molecule has 0 aliphatic heterocycles. The third-order valence-corrected chi connectivity index (χ3v) is 2.97. The highest BCUT2D eigenvalue weighted by atomic mass is 14.7. The predicted octanol–water partition coefficient (Wildman–Crippen LogP) is 3.12. The van der Waals surface area contributed by atoms with Gasteiger partial charge in [-0.15, -0.1) is 0 Å². The Morgan fingerprint density at radius 2 is 2.08 bits per heavy atom. The summed E-state index contributed by atoms with van der Waals surface area (Å²) in [5.74, 6) is 0.935. The van der Waals surface area contributed by atoms with Crippen molar-refractivity contribution >= 4 is 0 Å². The number of nitrogens with zero attached hydrogens (tertiary/aromatic N) is 1. The molecule has 1 heterocycles. The fraction of sp³-hybridized carbons (Fsp3) is 0.583. The molecule has 13 heavy (non-hydrogen) atoms. The van der Waals surface area contributed by atoms with Crippen LogP contribution in [-0.2, 0) is 6.42 Å². The van der Waals surface area contributed by atoms with Gasteiger partial charge in [0.25, 0.3) is 0 Å². The van der Waals surface area contributed by atoms with Crippen LogP contribution in [0.3, 0.4) is 0 Å². The molecule has 0 spiro atoms. The molecule has 1 fully saturated rings. The van der Waals surface area contributed by atoms with Crippen molar-refractivity contribution in [2.75, 3.05) is 0 Å². The first-order valence-electron chi connectivity index (χ1n) is 5.26. The second-order valence-electron chi connectivity index (χ2n) is 4.16. The van der Waals surface area contributed by atoms with Crippen LogP contribution in [0.2, 0.25) is 0 Å². The SMILES string of the molecule is Cc1ccc(CC2CCCC2)cn1. The van der Waals surface area contributed by atoms with E-state index in [1.54, 1.807) is 0 Å². The van der Waals surface area contributed by atoms with Crippen molar-refractivity contribution in [3.05, 3.63) is 29.6 Å². The van der Waals surface area contributed by atoms with Crippen LogP contribution in [-0.4, -0.2) is 4.98 Å². The van der Waals surface area contributed by atoms with Crippen molar-refractivity contribution in [3.8, 4) is 0 Å². The maximum Gasteiger partial charge on any atom is 0.0372 e. The molecule has 0 saturated heterocycles. The van der Waals surface area contributed by atoms with Crippen LogP contribution in [0.15, 0.2) is 18.3 Å². The Morgan fingerprint density at radius 1 is 1.31 bits per heavy atom. The van der Waals surface area contributed by atoms with E-state index < -0.39 is 0 Å². The van der Waals surface area contributed by atoms with Gasteiger partial charge in [0.05, 0.1) is 0 Å². The minimum Gasteiger partial charge on any atom is -0.261 e. The van der Waals surface area contributed by atoms with Crippen LogP contribution in [0.25, 0.3) is 0 Å². The van der Waals surface area contributed by atoms with Crippen LogP contribution < -0.4 is 0 Å². The highest BCUT2D eigenvalue weighted by Crippen LogP contribution is 2.27. The van der Waals surface area contributed by atoms with E-state index in [1.165, 1.54) is 37.7 Å². The van der Waals surface area contributed by atoms with Crippen LogP contribution in [0, 0.1) is 12.8 Å². The third kappa shape index (κ3) is 2.30. The molecule has 1 aromatic heterocycles. The smallest absolute Gasteiger partial charge is 0.0372 e. The number of hydrogen-bond acceptors (Lipinski definition) is 1. The summed E-state index contributed by atoms with van der Waals surface area (Å²) in [7, 11) is 0. The Kier molecular flexibility index (Phi) is 2.62. The van der Waals surface area contributed by atoms with E-state index >= 15 is 0 Å². The molecule has 1 aromatic rings. The fourth-order valence-corrected chi connectivity index (χ4v) is 2.17. The maximum absolute atomic E-state index is 4.32. The lowest BCUT2D eigenvalue weighted by Crippen LogP contribution is -1.99. The Hall–Kier alpha value is -0.850. The van der Waals surface area contributed by atoms with Crippen LogP contribution in [0.4, 0.5) is 0 Å². The Bertz CT molecular complexity index is 257. The predicted molar refractivity (Wildman–Crippen MR) is 54.6 cm³/mol. The number of pyridine rings is 1. The monoisotopic (exact) mass is 175 g/mol. The van der Waals surface area contributed by atoms with Gasteiger partial charge in [0.15, 0.2) is 0 Å². The van der Waals surface area contributed by atoms with E-state index in [9.17, 15) is 0 Å². The molecule has 1 saturated carbocycles. The largest absolute Gasteiger partial charge is 0.261 e. The molecular formula is C12H17N. The summed E-state index contributed by atoms with van der Waals surface area (Å²) in [6.45, 7) is 2.04. The van der Waals surface area contributed by atoms with Gasteiger partial charge in [0.1, 0.15) is 0 Å². The molecule has 0 bridgehead atoms. The van der Waals surface area contributed by atoms with Gasteiger partial charge < -0.3 is 0 Å². The maximum atomic E-state index is 4.32. The van der Waals surface area contributed by atoms with Crippen molar-refractivity contribution in [1.29, 1.82) is 0 Å². The molecule has 0 aromatic carbocycles. The Morgan fingerprint density at radius 3 is 2.69 bits per heavy atom. The molecule has 2 rings (SSSR count). The second-order valence-corrected chi connectivity index (χ2v) is 4.16. The van der Waals surface area contributed by atoms with Gasteiger partial charge in [-0.1, -0.05) is 31.7 Å². The zero-order valence-corrected chi connectivity index (χ0v) is 8.29. The minimum atomic E-state index is 0.935. The standard InChI is InChI=1S/C12H17N/c1-10-6-7-12(9-13-10)8-11-4-2-3-5-11/h6-7,9,11H,2-5,8H2,1H3. The van der Waals surface area contributed by atoms with Gasteiger partial charge in [0, 0.05) is 11.9 Å². The van der Waals surface area contributed by atoms with E-state index in [-0.39, 0.29) is 0 Å². The molecule has 0 radical (unpaired) electrons. The van der Waals surface area contributed by atoms with Crippen LogP contribution in [0.1, 0.15) is 36.9 Å². The van der Waals surface area contributed by atoms with Gasteiger partial charge in [-0.25, -0.2) is 0 Å². The van der Waals surface area contributed by atoms with E-state index in [4.69, 9.17) is 0 Å². The first kappa shape index (κ1) is 8.74. The highest BCUT2D eigenvalue weighted by molar-refractivity contribution is 5.13. The lowest BCUT2D eigenvalue weighted by Gasteiger charge is -2.07. The van der Waals surface area contributed by atoms with E-state index in [0.717, 1.165) is 11.6 Å². The molecule has 70 valence electrons. The van der Waals surface area contributed by atoms with Crippen molar-refractivity contribution in [1.82, 2.24) is 4.98 Å². The van der Waals surface area contributed by atoms with Gasteiger partial charge in [-0.3, -0.25) is 4.98 Å². The molecule has 0 atom stereocenters. The topological polar surface area (TPSA) is 12.9 Å². The van der Waals surface area contributed by atoms with Crippen LogP contribution in [0.5, 0.6) is 0 Å². The summed E-state index contributed by atoms with van der Waals surface area (Å²) in [6.07, 6.45) is 9.00. The first-order valence-corrected chi connectivity index (χ1v) is 5.26. The van der Waals surface area contributed by atoms with Crippen molar-refractivity contribution in [2.24, 2.45) is 5.92 Å².